The van der Waals surface area contributed by atoms with Crippen molar-refractivity contribution >= 4 is 106 Å². The number of hydrogen-bond donors (Lipinski definition) is 1. The third kappa shape index (κ3) is 4.04. The Labute approximate surface area is 204 Å². The Morgan fingerprint density at radius 2 is 1.63 bits per heavy atom. The van der Waals surface area contributed by atoms with Crippen molar-refractivity contribution in [3.05, 3.63) is 54.6 Å². The van der Waals surface area contributed by atoms with Crippen LogP contribution in [0.25, 0.3) is 21.8 Å². The van der Waals surface area contributed by atoms with Crippen LogP contribution in [-0.4, -0.2) is 82.6 Å². The molecule has 0 unspecified atom stereocenters. The predicted molar refractivity (Wildman–Crippen MR) is 112 cm³/mol. The molecule has 4 rings (SSSR count). The first-order valence-electron chi connectivity index (χ1n) is 7.90. The van der Waals surface area contributed by atoms with E-state index in [1.54, 1.807) is 30.3 Å². The minimum Gasteiger partial charge on any atom is -0.377 e. The summed E-state index contributed by atoms with van der Waals surface area (Å²) in [5.41, 5.74) is 2.85. The van der Waals surface area contributed by atoms with Crippen LogP contribution >= 0.6 is 11.7 Å². The molecule has 4 aromatic rings. The number of hydrogen-bond acceptors (Lipinski definition) is 6. The van der Waals surface area contributed by atoms with Crippen LogP contribution in [0.2, 0.25) is 0 Å². The van der Waals surface area contributed by atoms with Gasteiger partial charge in [-0.2, -0.15) is 8.75 Å². The van der Waals surface area contributed by atoms with Crippen LogP contribution in [-0.2, 0) is 10.0 Å². The fourth-order valence-corrected chi connectivity index (χ4v) is 4.73. The number of nitrogens with one attached hydrogen (secondary N) is 1. The molecule has 1 N–H and O–H groups in total. The molecule has 0 aliphatic heterocycles. The van der Waals surface area contributed by atoms with Gasteiger partial charge in [-0.15, -0.1) is 0 Å². The first-order valence-corrected chi connectivity index (χ1v) is 10.1. The number of nitrogens with zero attached hydrogens (tertiary/aromatic N) is 3. The van der Waals surface area contributed by atoms with Gasteiger partial charge in [-0.1, -0.05) is 24.3 Å². The van der Waals surface area contributed by atoms with Crippen molar-refractivity contribution in [2.45, 2.75) is 4.90 Å². The Balaban J connectivity index is 0.00000210. The summed E-state index contributed by atoms with van der Waals surface area (Å²) in [6.45, 7) is 0. The smallest absolute Gasteiger partial charge is 0.262 e. The third-order valence-electron chi connectivity index (χ3n) is 4.14. The third-order valence-corrected chi connectivity index (χ3v) is 6.13. The normalized spacial score (nSPS) is 11.3. The molecule has 0 atom stereocenters. The van der Waals surface area contributed by atoms with Gasteiger partial charge in [0.15, 0.2) is 0 Å². The van der Waals surface area contributed by atoms with Crippen molar-refractivity contribution in [3.63, 3.8) is 0 Å². The molecule has 1 radical (unpaired) electrons. The topological polar surface area (TPSA) is 75.2 Å². The van der Waals surface area contributed by atoms with E-state index in [4.69, 9.17) is 0 Å². The summed E-state index contributed by atoms with van der Waals surface area (Å²) in [6, 6.07) is 16.1. The first-order chi connectivity index (χ1) is 12.5. The Morgan fingerprint density at radius 1 is 0.926 bits per heavy atom. The van der Waals surface area contributed by atoms with Gasteiger partial charge in [0, 0.05) is 81.9 Å². The largest absolute Gasteiger partial charge is 0.377 e. The second kappa shape index (κ2) is 8.12. The Bertz CT molecular complexity index is 1220. The van der Waals surface area contributed by atoms with Crippen molar-refractivity contribution in [2.75, 3.05) is 23.7 Å². The Morgan fingerprint density at radius 3 is 2.41 bits per heavy atom. The quantitative estimate of drug-likeness (QED) is 0.510. The molecule has 0 amide bonds. The molecule has 27 heavy (non-hydrogen) atoms. The molecule has 0 fully saturated rings. The van der Waals surface area contributed by atoms with Crippen LogP contribution in [0.3, 0.4) is 0 Å². The van der Waals surface area contributed by atoms with Crippen molar-refractivity contribution in [1.29, 1.82) is 0 Å². The maximum atomic E-state index is 13.0. The first kappa shape index (κ1) is 20.7. The summed E-state index contributed by atoms with van der Waals surface area (Å²) in [4.78, 5) is 2.21. The van der Waals surface area contributed by atoms with E-state index in [0.29, 0.717) is 16.6 Å². The summed E-state index contributed by atoms with van der Waals surface area (Å²) < 4.78 is 37.0. The van der Waals surface area contributed by atoms with Gasteiger partial charge in [-0.05, 0) is 30.3 Å². The van der Waals surface area contributed by atoms with Gasteiger partial charge >= 0.3 is 0 Å². The van der Waals surface area contributed by atoms with E-state index in [1.165, 1.54) is 0 Å². The molecule has 6 nitrogen and oxygen atoms in total. The number of rotatable bonds is 4. The van der Waals surface area contributed by atoms with E-state index >= 15 is 0 Å². The van der Waals surface area contributed by atoms with Crippen molar-refractivity contribution in [1.82, 2.24) is 8.75 Å². The average molecular weight is 424 g/mol. The summed E-state index contributed by atoms with van der Waals surface area (Å²) in [6.07, 6.45) is 0. The van der Waals surface area contributed by atoms with Gasteiger partial charge in [0.1, 0.15) is 11.0 Å². The maximum Gasteiger partial charge on any atom is 0.262 e. The second-order valence-corrected chi connectivity index (χ2v) is 8.28. The molecule has 0 spiro atoms. The summed E-state index contributed by atoms with van der Waals surface area (Å²) in [5, 5.41) is 1.57. The minimum absolute atomic E-state index is 0. The molecule has 1 heterocycles. The van der Waals surface area contributed by atoms with Gasteiger partial charge in [-0.25, -0.2) is 8.42 Å². The zero-order valence-electron chi connectivity index (χ0n) is 15.2. The predicted octanol–water partition coefficient (Wildman–Crippen LogP) is 3.33. The maximum absolute atomic E-state index is 13.0. The SMILES string of the molecule is CN(C)c1cccc2c(S(=O)(=O)Nc3ccc4nsnc4c3)cccc12.[K]. The minimum atomic E-state index is -3.75. The van der Waals surface area contributed by atoms with Gasteiger partial charge in [-0.3, -0.25) is 4.72 Å². The number of aromatic nitrogens is 2. The monoisotopic (exact) mass is 423 g/mol. The van der Waals surface area contributed by atoms with Crippen LogP contribution in [0.15, 0.2) is 59.5 Å². The molecule has 0 aliphatic rings. The van der Waals surface area contributed by atoms with Gasteiger partial charge < -0.3 is 4.90 Å². The summed E-state index contributed by atoms with van der Waals surface area (Å²) >= 11 is 1.10. The van der Waals surface area contributed by atoms with Crippen LogP contribution in [0.5, 0.6) is 0 Å². The average Bonchev–Trinajstić information content (AvgIpc) is 3.08. The molecular weight excluding hydrogens is 407 g/mol. The van der Waals surface area contributed by atoms with Crippen LogP contribution < -0.4 is 9.62 Å². The zero-order chi connectivity index (χ0) is 18.3. The van der Waals surface area contributed by atoms with Crippen LogP contribution in [0.1, 0.15) is 0 Å². The molecular formula is C18H16KN4O2S2. The molecule has 133 valence electrons. The van der Waals surface area contributed by atoms with Crippen molar-refractivity contribution in [3.8, 4) is 0 Å². The molecule has 0 bridgehead atoms. The van der Waals surface area contributed by atoms with Gasteiger partial charge in [0.05, 0.1) is 22.3 Å². The molecule has 0 saturated heterocycles. The number of anilines is 2. The van der Waals surface area contributed by atoms with E-state index in [2.05, 4.69) is 13.5 Å². The Hall–Kier alpha value is -1.07. The van der Waals surface area contributed by atoms with E-state index in [1.807, 2.05) is 43.3 Å². The fourth-order valence-electron chi connectivity index (χ4n) is 2.94. The molecule has 9 heteroatoms. The number of benzene rings is 3. The van der Waals surface area contributed by atoms with Crippen molar-refractivity contribution < 1.29 is 8.42 Å². The van der Waals surface area contributed by atoms with E-state index in [0.717, 1.165) is 28.3 Å². The molecule has 0 aliphatic carbocycles. The molecule has 3 aromatic carbocycles. The fraction of sp³-hybridized carbons (Fsp3) is 0.111. The second-order valence-electron chi connectivity index (χ2n) is 6.10. The van der Waals surface area contributed by atoms with Crippen LogP contribution in [0.4, 0.5) is 11.4 Å². The van der Waals surface area contributed by atoms with Crippen LogP contribution in [0, 0.1) is 0 Å². The number of sulfonamides is 1. The van der Waals surface area contributed by atoms with E-state index in [9.17, 15) is 8.42 Å². The van der Waals surface area contributed by atoms with Gasteiger partial charge in [0.25, 0.3) is 10.0 Å². The van der Waals surface area contributed by atoms with Crippen molar-refractivity contribution in [2.24, 2.45) is 0 Å². The Kier molecular flexibility index (Phi) is 6.21. The summed E-state index contributed by atoms with van der Waals surface area (Å²) in [5.74, 6) is 0. The molecule has 0 saturated carbocycles. The van der Waals surface area contributed by atoms with E-state index in [-0.39, 0.29) is 56.3 Å². The van der Waals surface area contributed by atoms with Gasteiger partial charge in [0.2, 0.25) is 0 Å². The number of fused-ring (bicyclic) bond motifs is 2. The molecule has 1 aromatic heterocycles. The zero-order valence-corrected chi connectivity index (χ0v) is 19.9. The summed E-state index contributed by atoms with van der Waals surface area (Å²) in [7, 11) is 0.124. The standard InChI is InChI=1S/C18H16N4O2S2.K/c1-22(2)17-7-3-6-14-13(17)5-4-8-18(14)26(23,24)21-12-9-10-15-16(11-12)20-25-19-15;/h3-11,21H,1-2H3;. The van der Waals surface area contributed by atoms with E-state index < -0.39 is 10.0 Å².